The number of halogens is 4. The van der Waals surface area contributed by atoms with Crippen LogP contribution in [0.3, 0.4) is 0 Å². The molecule has 3 amide bonds. The molecule has 0 bridgehead atoms. The van der Waals surface area contributed by atoms with Crippen LogP contribution in [0.25, 0.3) is 22.3 Å². The van der Waals surface area contributed by atoms with Crippen molar-refractivity contribution >= 4 is 77.2 Å². The van der Waals surface area contributed by atoms with Crippen molar-refractivity contribution in [2.45, 2.75) is 96.4 Å². The Kier molecular flexibility index (Phi) is 26.7. The number of hydrogen-bond acceptors (Lipinski definition) is 17. The summed E-state index contributed by atoms with van der Waals surface area (Å²) < 4.78 is 48.7. The number of cyclic esters (lactones) is 2. The zero-order valence-corrected chi connectivity index (χ0v) is 46.2. The van der Waals surface area contributed by atoms with Crippen molar-refractivity contribution in [3.05, 3.63) is 145 Å². The molecule has 4 aromatic carbocycles. The lowest BCUT2D eigenvalue weighted by molar-refractivity contribution is 0.0531. The minimum absolute atomic E-state index is 0. The van der Waals surface area contributed by atoms with E-state index in [1.54, 1.807) is 82.6 Å². The lowest BCUT2D eigenvalue weighted by Gasteiger charge is -2.19. The van der Waals surface area contributed by atoms with Gasteiger partial charge in [0.1, 0.15) is 39.5 Å². The number of nitrogens with one attached hydrogen (secondary N) is 4. The first kappa shape index (κ1) is 66.9. The Morgan fingerprint density at radius 2 is 1.17 bits per heavy atom. The van der Waals surface area contributed by atoms with Gasteiger partial charge in [0.25, 0.3) is 0 Å². The number of benzene rings is 4. The number of rotatable bonds is 19. The first-order valence-corrected chi connectivity index (χ1v) is 26.9. The van der Waals surface area contributed by atoms with E-state index in [-0.39, 0.29) is 46.9 Å². The second-order valence-corrected chi connectivity index (χ2v) is 20.8. The van der Waals surface area contributed by atoms with Gasteiger partial charge in [0.15, 0.2) is 0 Å². The minimum atomic E-state index is -0.501. The summed E-state index contributed by atoms with van der Waals surface area (Å²) in [5, 5.41) is 43.4. The Bertz CT molecular complexity index is 3150. The van der Waals surface area contributed by atoms with Crippen LogP contribution in [0.5, 0.6) is 0 Å². The van der Waals surface area contributed by atoms with E-state index in [1.807, 2.05) is 69.3 Å². The van der Waals surface area contributed by atoms with Crippen LogP contribution >= 0.6 is 47.5 Å². The van der Waals surface area contributed by atoms with Gasteiger partial charge >= 0.3 is 18.3 Å². The van der Waals surface area contributed by atoms with Gasteiger partial charge in [-0.15, -0.1) is 67.9 Å². The maximum absolute atomic E-state index is 15.0. The number of nitrogens with zero attached hydrogens (tertiary/aromatic N) is 12. The van der Waals surface area contributed by atoms with Gasteiger partial charge in [0, 0.05) is 60.5 Å². The van der Waals surface area contributed by atoms with Gasteiger partial charge in [-0.3, -0.25) is 9.80 Å². The first-order chi connectivity index (χ1) is 37.8. The highest BCUT2D eigenvalue weighted by molar-refractivity contribution is 7.99. The molecule has 10 rings (SSSR count). The molecule has 6 heterocycles. The normalized spacial score (nSPS) is 14.3. The Morgan fingerprint density at radius 3 is 1.57 bits per heavy atom. The second kappa shape index (κ2) is 32.7. The topological polar surface area (TPSA) is 254 Å². The molecule has 82 heavy (non-hydrogen) atoms. The van der Waals surface area contributed by atoms with Gasteiger partial charge in [0.2, 0.25) is 0 Å². The highest BCUT2D eigenvalue weighted by Gasteiger charge is 2.34. The Morgan fingerprint density at radius 1 is 0.707 bits per heavy atom. The summed E-state index contributed by atoms with van der Waals surface area (Å²) in [6, 6.07) is 24.7. The van der Waals surface area contributed by atoms with Crippen LogP contribution in [0.15, 0.2) is 132 Å². The van der Waals surface area contributed by atoms with Crippen molar-refractivity contribution in [2.24, 2.45) is 0 Å². The molecule has 2 aliphatic rings. The van der Waals surface area contributed by atoms with E-state index in [2.05, 4.69) is 62.1 Å². The molecule has 2 atom stereocenters. The molecule has 28 heteroatoms. The van der Waals surface area contributed by atoms with Gasteiger partial charge in [-0.1, -0.05) is 81.2 Å². The van der Waals surface area contributed by atoms with Crippen LogP contribution in [0, 0.1) is 11.6 Å². The molecule has 2 saturated heterocycles. The SMILES string of the molecule is C.C.C.CC(C)(C)OC(=O)NCCSc1cn[nH]n1.Cl.O=C1O[C@@H](Cn2ccnn2)CN1c1ccc(-c2ccc(CCl)cc2)c(F)c1.O=C1O[C@@H](Cn2ccnn2)CN1c1ccc(-c2ccc(CNCCSc3cn[nH]n3)cc2)c(F)c1. The standard InChI is InChI=1S/C23H23FN8O2S.C19H16ClFN4O2.C9H16N4O2S.3CH4.ClH/c24-21-11-18(32-15-19(34-23(32)33)14-31-9-7-26-30-31)5-6-20(21)17-3-1-16(2-4-17)12-25-8-10-35-22-13-27-29-28-22;20-10-13-1-3-14(4-2-13)17-6-5-15(9-18(17)21)25-12-16(27-19(25)26)11-24-8-7-22-23-24;1-9(2,3)15-8(14)10-4-5-16-7-6-11-13-12-7;;;;/h1-7,9,11,13,19,25H,8,10,12,14-15H2,(H,27,28,29);1-9,16H,10-12H2;6H,4-5H2,1-3H3,(H,10,14)(H,11,12,13);3*1H4;1H/t19-;16-;;;;;/m00...../s1. The van der Waals surface area contributed by atoms with Crippen LogP contribution in [-0.4, -0.2) is 135 Å². The number of alkyl carbamates (subject to hydrolysis) is 1. The van der Waals surface area contributed by atoms with E-state index in [0.717, 1.165) is 50.4 Å². The van der Waals surface area contributed by atoms with Gasteiger partial charge in [-0.05, 0) is 79.4 Å². The number of carbonyl (C=O) groups is 3. The summed E-state index contributed by atoms with van der Waals surface area (Å²) in [7, 11) is 0. The molecular weight excluding hydrogens is 1140 g/mol. The van der Waals surface area contributed by atoms with Crippen LogP contribution in [0.4, 0.5) is 34.5 Å². The number of aromatic amines is 2. The van der Waals surface area contributed by atoms with E-state index in [0.29, 0.717) is 67.7 Å². The summed E-state index contributed by atoms with van der Waals surface area (Å²) in [6.07, 6.45) is 7.70. The molecule has 0 unspecified atom stereocenters. The van der Waals surface area contributed by atoms with Crippen LogP contribution in [0.1, 0.15) is 54.2 Å². The lowest BCUT2D eigenvalue weighted by Crippen LogP contribution is -2.33. The average Bonchev–Trinajstić information content (AvgIpc) is 4.45. The monoisotopic (exact) mass is 1210 g/mol. The molecule has 4 aromatic heterocycles. The molecule has 4 N–H and O–H groups in total. The number of ether oxygens (including phenoxy) is 3. The fourth-order valence-corrected chi connectivity index (χ4v) is 9.24. The molecular formula is C54H68Cl2F2N16O6S2. The average molecular weight is 1210 g/mol. The minimum Gasteiger partial charge on any atom is -0.444 e. The molecule has 22 nitrogen and oxygen atoms in total. The van der Waals surface area contributed by atoms with E-state index in [1.165, 1.54) is 33.7 Å². The van der Waals surface area contributed by atoms with Crippen molar-refractivity contribution in [2.75, 3.05) is 47.5 Å². The highest BCUT2D eigenvalue weighted by atomic mass is 35.5. The van der Waals surface area contributed by atoms with E-state index in [9.17, 15) is 23.2 Å². The van der Waals surface area contributed by atoms with Crippen molar-refractivity contribution in [3.63, 3.8) is 0 Å². The fraction of sp³-hybridized carbons (Fsp3) is 0.352. The van der Waals surface area contributed by atoms with Crippen molar-refractivity contribution in [1.82, 2.24) is 71.4 Å². The fourth-order valence-electron chi connectivity index (χ4n) is 7.72. The van der Waals surface area contributed by atoms with Crippen molar-refractivity contribution in [1.29, 1.82) is 0 Å². The summed E-state index contributed by atoms with van der Waals surface area (Å²) >= 11 is 8.93. The highest BCUT2D eigenvalue weighted by Crippen LogP contribution is 2.32. The predicted molar refractivity (Wildman–Crippen MR) is 316 cm³/mol. The Hall–Kier alpha value is -7.65. The summed E-state index contributed by atoms with van der Waals surface area (Å²) in [5.74, 6) is 1.22. The molecule has 0 radical (unpaired) electrons. The predicted octanol–water partition coefficient (Wildman–Crippen LogP) is 10.7. The third kappa shape index (κ3) is 19.8. The van der Waals surface area contributed by atoms with Crippen molar-refractivity contribution in [3.8, 4) is 22.3 Å². The quantitative estimate of drug-likeness (QED) is 0.0254. The zero-order chi connectivity index (χ0) is 54.9. The van der Waals surface area contributed by atoms with E-state index >= 15 is 0 Å². The number of alkyl halides is 1. The first-order valence-electron chi connectivity index (χ1n) is 24.4. The molecule has 2 aliphatic heterocycles. The number of thioether (sulfide) groups is 2. The summed E-state index contributed by atoms with van der Waals surface area (Å²) in [4.78, 5) is 38.6. The Labute approximate surface area is 494 Å². The van der Waals surface area contributed by atoms with E-state index in [4.69, 9.17) is 25.8 Å². The molecule has 8 aromatic rings. The number of anilines is 2. The number of amides is 3. The number of aromatic nitrogens is 12. The maximum atomic E-state index is 15.0. The number of carbonyl (C=O) groups excluding carboxylic acids is 3. The number of H-pyrrole nitrogens is 2. The molecule has 0 spiro atoms. The maximum Gasteiger partial charge on any atom is 0.414 e. The third-order valence-electron chi connectivity index (χ3n) is 11.4. The second-order valence-electron chi connectivity index (χ2n) is 18.3. The smallest absolute Gasteiger partial charge is 0.414 e. The molecule has 440 valence electrons. The Balaban J connectivity index is 0.000000275. The molecule has 2 fully saturated rings. The van der Waals surface area contributed by atoms with Gasteiger partial charge in [-0.25, -0.2) is 32.5 Å². The molecule has 0 saturated carbocycles. The van der Waals surface area contributed by atoms with Crippen LogP contribution in [0.2, 0.25) is 0 Å². The largest absolute Gasteiger partial charge is 0.444 e. The van der Waals surface area contributed by atoms with Gasteiger partial charge in [0.05, 0.1) is 62.3 Å². The summed E-state index contributed by atoms with van der Waals surface area (Å²) in [5.41, 5.74) is 5.00. The summed E-state index contributed by atoms with van der Waals surface area (Å²) in [6.45, 7) is 9.00. The zero-order valence-electron chi connectivity index (χ0n) is 42.9. The van der Waals surface area contributed by atoms with Crippen molar-refractivity contribution < 1.29 is 37.4 Å². The third-order valence-corrected chi connectivity index (χ3v) is 13.5. The van der Waals surface area contributed by atoms with Gasteiger partial charge < -0.3 is 24.8 Å². The van der Waals surface area contributed by atoms with Gasteiger partial charge in [-0.2, -0.15) is 20.6 Å². The van der Waals surface area contributed by atoms with Crippen LogP contribution in [-0.2, 0) is 39.7 Å². The van der Waals surface area contributed by atoms with Crippen LogP contribution < -0.4 is 20.4 Å². The lowest BCUT2D eigenvalue weighted by atomic mass is 10.0. The molecule has 0 aliphatic carbocycles. The number of hydrogen-bond donors (Lipinski definition) is 4. The van der Waals surface area contributed by atoms with E-state index < -0.39 is 35.5 Å².